The molecule has 2 N–H and O–H groups in total. The Bertz CT molecular complexity index is 1530. The van der Waals surface area contributed by atoms with E-state index in [1.54, 1.807) is 19.9 Å². The maximum Gasteiger partial charge on any atom is 0.263 e. The molecule has 3 heterocycles. The van der Waals surface area contributed by atoms with E-state index in [1.807, 2.05) is 44.2 Å². The van der Waals surface area contributed by atoms with Gasteiger partial charge in [-0.2, -0.15) is 0 Å². The van der Waals surface area contributed by atoms with Gasteiger partial charge >= 0.3 is 0 Å². The van der Waals surface area contributed by atoms with Crippen molar-refractivity contribution in [2.75, 3.05) is 51.0 Å². The van der Waals surface area contributed by atoms with Crippen LogP contribution in [0.1, 0.15) is 90.7 Å². The van der Waals surface area contributed by atoms with Crippen LogP contribution in [0.25, 0.3) is 0 Å². The third-order valence-electron chi connectivity index (χ3n) is 9.78. The molecule has 3 aliphatic heterocycles. The monoisotopic (exact) mass is 759 g/mol. The van der Waals surface area contributed by atoms with Crippen LogP contribution < -0.4 is 19.7 Å². The number of benzene rings is 2. The summed E-state index contributed by atoms with van der Waals surface area (Å²) in [6.07, 6.45) is 8.49. The molecule has 52 heavy (non-hydrogen) atoms. The fraction of sp³-hybridized carbons (Fsp3) is 0.600. The third-order valence-corrected chi connectivity index (χ3v) is 11.1. The zero-order valence-electron chi connectivity index (χ0n) is 31.7. The van der Waals surface area contributed by atoms with Crippen molar-refractivity contribution in [3.8, 4) is 5.75 Å². The Kier molecular flexibility index (Phi) is 16.5. The molecule has 1 saturated heterocycles. The van der Waals surface area contributed by atoms with Crippen molar-refractivity contribution >= 4 is 40.1 Å². The summed E-state index contributed by atoms with van der Waals surface area (Å²) >= 11 is 6.43. The Morgan fingerprint density at radius 3 is 2.62 bits per heavy atom. The highest BCUT2D eigenvalue weighted by Crippen LogP contribution is 2.38. The van der Waals surface area contributed by atoms with Crippen LogP contribution in [-0.2, 0) is 41.2 Å². The highest BCUT2D eigenvalue weighted by molar-refractivity contribution is 7.83. The SMILES string of the molecule is CC.CCCc1cc(Cl)ccc1C1COc2ccc3cc2N(CCC(CC)C(OCC(=O)NC2CCOCC2)/C=C/COC(C)(C)C(=O)NS3=O)C1. The molecular formula is C40H58ClN3O7S. The van der Waals surface area contributed by atoms with Gasteiger partial charge in [0, 0.05) is 43.3 Å². The standard InChI is InChI=1S/C38H52ClN3O7S.C2H6/c1-5-8-27-21-29(39)10-12-32(27)28-23-42-17-14-26(6-2)34(48-25-36(43)40-30-15-19-46-20-16-30)9-7-18-49-38(3,4)37(44)41-50(45)31-11-13-35(47-24-28)33(42)22-31;1-2/h7,9-13,21-22,26,28,30,34H,5-6,8,14-20,23-25H2,1-4H3,(H,40,43)(H,41,44);1-2H3/b9-7+;. The molecule has 1 fully saturated rings. The summed E-state index contributed by atoms with van der Waals surface area (Å²) in [4.78, 5) is 28.9. The van der Waals surface area contributed by atoms with Gasteiger partial charge in [-0.25, -0.2) is 4.21 Å². The van der Waals surface area contributed by atoms with Gasteiger partial charge in [0.1, 0.15) is 18.0 Å². The topological polar surface area (TPSA) is 115 Å². The molecule has 0 radical (unpaired) electrons. The van der Waals surface area contributed by atoms with E-state index in [9.17, 15) is 13.8 Å². The van der Waals surface area contributed by atoms with Gasteiger partial charge in [0.2, 0.25) is 5.91 Å². The minimum absolute atomic E-state index is 0.0549. The lowest BCUT2D eigenvalue weighted by molar-refractivity contribution is -0.139. The average molecular weight is 760 g/mol. The first-order valence-corrected chi connectivity index (χ1v) is 20.4. The Hall–Kier alpha value is -2.96. The molecule has 0 aliphatic carbocycles. The highest BCUT2D eigenvalue weighted by atomic mass is 35.5. The maximum atomic E-state index is 13.5. The van der Waals surface area contributed by atoms with Crippen molar-refractivity contribution in [3.05, 3.63) is 64.7 Å². The third kappa shape index (κ3) is 11.5. The number of nitrogens with one attached hydrogen (secondary N) is 2. The summed E-state index contributed by atoms with van der Waals surface area (Å²) in [6, 6.07) is 11.6. The Morgan fingerprint density at radius 2 is 1.88 bits per heavy atom. The summed E-state index contributed by atoms with van der Waals surface area (Å²) in [5.41, 5.74) is 2.00. The summed E-state index contributed by atoms with van der Waals surface area (Å²) in [5.74, 6) is 0.185. The van der Waals surface area contributed by atoms with Gasteiger partial charge in [0.05, 0.1) is 29.9 Å². The fourth-order valence-electron chi connectivity index (χ4n) is 6.78. The van der Waals surface area contributed by atoms with Crippen molar-refractivity contribution in [3.63, 3.8) is 0 Å². The van der Waals surface area contributed by atoms with E-state index < -0.39 is 22.5 Å². The smallest absolute Gasteiger partial charge is 0.263 e. The number of hydrogen-bond donors (Lipinski definition) is 2. The number of halogens is 1. The van der Waals surface area contributed by atoms with Gasteiger partial charge in [-0.1, -0.05) is 70.4 Å². The van der Waals surface area contributed by atoms with E-state index in [2.05, 4.69) is 40.9 Å². The van der Waals surface area contributed by atoms with Crippen LogP contribution in [0.4, 0.5) is 5.69 Å². The lowest BCUT2D eigenvalue weighted by atomic mass is 9.91. The molecule has 5 rings (SSSR count). The Labute approximate surface area is 317 Å². The largest absolute Gasteiger partial charge is 0.491 e. The second-order valence-corrected chi connectivity index (χ2v) is 15.5. The zero-order valence-corrected chi connectivity index (χ0v) is 33.3. The molecule has 0 spiro atoms. The molecule has 4 unspecified atom stereocenters. The lowest BCUT2D eigenvalue weighted by Crippen LogP contribution is -2.45. The van der Waals surface area contributed by atoms with Gasteiger partial charge < -0.3 is 29.2 Å². The van der Waals surface area contributed by atoms with E-state index in [-0.39, 0.29) is 43.1 Å². The molecule has 288 valence electrons. The van der Waals surface area contributed by atoms with Crippen LogP contribution in [0.3, 0.4) is 0 Å². The van der Waals surface area contributed by atoms with Crippen LogP contribution in [0.2, 0.25) is 5.02 Å². The van der Waals surface area contributed by atoms with Crippen molar-refractivity contribution < 1.29 is 32.7 Å². The highest BCUT2D eigenvalue weighted by Gasteiger charge is 2.32. The minimum atomic E-state index is -1.81. The fourth-order valence-corrected chi connectivity index (χ4v) is 7.92. The van der Waals surface area contributed by atoms with Gasteiger partial charge in [0.15, 0.2) is 11.0 Å². The van der Waals surface area contributed by atoms with Crippen LogP contribution in [-0.4, -0.2) is 79.9 Å². The molecule has 2 aromatic carbocycles. The second kappa shape index (κ2) is 20.5. The van der Waals surface area contributed by atoms with E-state index in [0.717, 1.165) is 44.2 Å². The van der Waals surface area contributed by atoms with E-state index in [0.29, 0.717) is 48.6 Å². The minimum Gasteiger partial charge on any atom is -0.491 e. The van der Waals surface area contributed by atoms with Gasteiger partial charge in [-0.15, -0.1) is 0 Å². The van der Waals surface area contributed by atoms with Crippen molar-refractivity contribution in [2.24, 2.45) is 5.92 Å². The number of carbonyl (C=O) groups is 2. The number of carbonyl (C=O) groups excluding carboxylic acids is 2. The summed E-state index contributed by atoms with van der Waals surface area (Å²) in [7, 11) is -1.81. The molecule has 2 amide bonds. The van der Waals surface area contributed by atoms with Crippen LogP contribution >= 0.6 is 11.6 Å². The Balaban J connectivity index is 0.00000297. The first-order chi connectivity index (χ1) is 25.1. The number of aryl methyl sites for hydroxylation is 1. The van der Waals surface area contributed by atoms with Gasteiger partial charge in [-0.05, 0) is 86.9 Å². The quantitative estimate of drug-likeness (QED) is 0.280. The normalized spacial score (nSPS) is 24.7. The summed E-state index contributed by atoms with van der Waals surface area (Å²) in [6.45, 7) is 14.8. The maximum absolute atomic E-state index is 13.5. The molecule has 10 nitrogen and oxygen atoms in total. The number of ether oxygens (including phenoxy) is 4. The molecular weight excluding hydrogens is 702 g/mol. The summed E-state index contributed by atoms with van der Waals surface area (Å²) in [5, 5.41) is 3.81. The van der Waals surface area contributed by atoms with Crippen molar-refractivity contribution in [2.45, 2.75) is 109 Å². The number of amides is 2. The van der Waals surface area contributed by atoms with Gasteiger partial charge in [0.25, 0.3) is 5.91 Å². The number of anilines is 1. The van der Waals surface area contributed by atoms with Crippen LogP contribution in [0.5, 0.6) is 5.75 Å². The summed E-state index contributed by atoms with van der Waals surface area (Å²) < 4.78 is 40.3. The molecule has 2 aromatic rings. The molecule has 0 saturated carbocycles. The van der Waals surface area contributed by atoms with E-state index in [4.69, 9.17) is 30.5 Å². The molecule has 3 aliphatic rings. The molecule has 12 heteroatoms. The first kappa shape index (κ1) is 41.8. The predicted molar refractivity (Wildman–Crippen MR) is 208 cm³/mol. The zero-order chi connectivity index (χ0) is 37.7. The van der Waals surface area contributed by atoms with Gasteiger partial charge in [-0.3, -0.25) is 14.3 Å². The Morgan fingerprint density at radius 1 is 1.12 bits per heavy atom. The molecule has 2 bridgehead atoms. The molecule has 0 aromatic heterocycles. The van der Waals surface area contributed by atoms with Crippen molar-refractivity contribution in [1.82, 2.24) is 10.0 Å². The van der Waals surface area contributed by atoms with Crippen LogP contribution in [0.15, 0.2) is 53.4 Å². The van der Waals surface area contributed by atoms with E-state index >= 15 is 0 Å². The number of hydrogen-bond acceptors (Lipinski definition) is 8. The van der Waals surface area contributed by atoms with Crippen LogP contribution in [0, 0.1) is 5.92 Å². The first-order valence-electron chi connectivity index (χ1n) is 18.9. The number of rotatable bonds is 8. The average Bonchev–Trinajstić information content (AvgIpc) is 3.32. The second-order valence-electron chi connectivity index (χ2n) is 13.8. The molecule has 4 atom stereocenters. The number of fused-ring (bicyclic) bond motifs is 1. The lowest BCUT2D eigenvalue weighted by Gasteiger charge is -2.31. The number of nitrogens with zero attached hydrogens (tertiary/aromatic N) is 1. The van der Waals surface area contributed by atoms with Crippen molar-refractivity contribution in [1.29, 1.82) is 0 Å². The predicted octanol–water partition coefficient (Wildman–Crippen LogP) is 6.90. The van der Waals surface area contributed by atoms with E-state index in [1.165, 1.54) is 11.1 Å².